The number of piperidine rings is 1. The molecule has 0 spiro atoms. The van der Waals surface area contributed by atoms with E-state index in [1.54, 1.807) is 6.92 Å². The van der Waals surface area contributed by atoms with Crippen LogP contribution in [0.15, 0.2) is 60.7 Å². The SMILES string of the molecule is CCOC(=O)[C@H]1CCN(Cc2ccccc2)[C@@H](Cc2ccccc2)C1=O. The first-order valence-corrected chi connectivity index (χ1v) is 9.21. The van der Waals surface area contributed by atoms with E-state index in [1.165, 1.54) is 5.56 Å². The van der Waals surface area contributed by atoms with Gasteiger partial charge in [0.05, 0.1) is 12.6 Å². The van der Waals surface area contributed by atoms with Gasteiger partial charge < -0.3 is 4.74 Å². The number of carbonyl (C=O) groups excluding carboxylic acids is 2. The number of hydrogen-bond donors (Lipinski definition) is 0. The summed E-state index contributed by atoms with van der Waals surface area (Å²) in [6.07, 6.45) is 1.14. The highest BCUT2D eigenvalue weighted by Gasteiger charge is 2.40. The average molecular weight is 351 g/mol. The quantitative estimate of drug-likeness (QED) is 0.592. The molecule has 26 heavy (non-hydrogen) atoms. The van der Waals surface area contributed by atoms with E-state index in [2.05, 4.69) is 17.0 Å². The molecule has 2 aromatic carbocycles. The van der Waals surface area contributed by atoms with Crippen molar-refractivity contribution in [1.29, 1.82) is 0 Å². The van der Waals surface area contributed by atoms with E-state index in [4.69, 9.17) is 4.74 Å². The topological polar surface area (TPSA) is 46.6 Å². The molecule has 0 amide bonds. The molecule has 0 saturated carbocycles. The molecule has 1 fully saturated rings. The second-order valence-electron chi connectivity index (χ2n) is 6.66. The molecule has 3 rings (SSSR count). The first kappa shape index (κ1) is 18.3. The molecule has 0 radical (unpaired) electrons. The molecule has 4 nitrogen and oxygen atoms in total. The minimum atomic E-state index is -0.643. The van der Waals surface area contributed by atoms with Gasteiger partial charge in [-0.15, -0.1) is 0 Å². The monoisotopic (exact) mass is 351 g/mol. The van der Waals surface area contributed by atoms with Crippen LogP contribution in [0.25, 0.3) is 0 Å². The van der Waals surface area contributed by atoms with Gasteiger partial charge in [-0.05, 0) is 30.9 Å². The summed E-state index contributed by atoms with van der Waals surface area (Å²) in [4.78, 5) is 27.5. The summed E-state index contributed by atoms with van der Waals surface area (Å²) in [6, 6.07) is 19.8. The van der Waals surface area contributed by atoms with Crippen molar-refractivity contribution in [2.45, 2.75) is 32.4 Å². The Labute approximate surface area is 154 Å². The van der Waals surface area contributed by atoms with Gasteiger partial charge in [-0.3, -0.25) is 14.5 Å². The highest BCUT2D eigenvalue weighted by molar-refractivity contribution is 6.02. The Balaban J connectivity index is 1.81. The molecule has 1 saturated heterocycles. The average Bonchev–Trinajstić information content (AvgIpc) is 2.66. The van der Waals surface area contributed by atoms with Crippen molar-refractivity contribution in [3.05, 3.63) is 71.8 Å². The highest BCUT2D eigenvalue weighted by atomic mass is 16.5. The first-order chi connectivity index (χ1) is 12.7. The Morgan fingerprint density at radius 1 is 1.04 bits per heavy atom. The third-order valence-corrected chi connectivity index (χ3v) is 4.89. The van der Waals surface area contributed by atoms with E-state index < -0.39 is 5.92 Å². The molecule has 4 heteroatoms. The van der Waals surface area contributed by atoms with Crippen LogP contribution in [0.2, 0.25) is 0 Å². The Morgan fingerprint density at radius 2 is 1.65 bits per heavy atom. The van der Waals surface area contributed by atoms with Crippen LogP contribution in [-0.4, -0.2) is 35.8 Å². The second-order valence-corrected chi connectivity index (χ2v) is 6.66. The van der Waals surface area contributed by atoms with E-state index in [9.17, 15) is 9.59 Å². The van der Waals surface area contributed by atoms with Crippen LogP contribution in [-0.2, 0) is 27.3 Å². The zero-order valence-electron chi connectivity index (χ0n) is 15.1. The van der Waals surface area contributed by atoms with Crippen molar-refractivity contribution in [3.8, 4) is 0 Å². The maximum absolute atomic E-state index is 13.1. The molecule has 0 bridgehead atoms. The van der Waals surface area contributed by atoms with Crippen molar-refractivity contribution >= 4 is 11.8 Å². The molecule has 2 aromatic rings. The van der Waals surface area contributed by atoms with Crippen molar-refractivity contribution in [1.82, 2.24) is 4.90 Å². The van der Waals surface area contributed by atoms with E-state index >= 15 is 0 Å². The van der Waals surface area contributed by atoms with Crippen molar-refractivity contribution in [2.24, 2.45) is 5.92 Å². The van der Waals surface area contributed by atoms with Crippen LogP contribution < -0.4 is 0 Å². The molecule has 1 aliphatic rings. The number of ketones is 1. The normalized spacial score (nSPS) is 20.7. The lowest BCUT2D eigenvalue weighted by Crippen LogP contribution is -2.52. The molecule has 0 aromatic heterocycles. The predicted octanol–water partition coefficient (Wildman–Crippen LogP) is 3.25. The van der Waals surface area contributed by atoms with Crippen molar-refractivity contribution in [2.75, 3.05) is 13.2 Å². The lowest BCUT2D eigenvalue weighted by molar-refractivity contribution is -0.155. The molecule has 0 unspecified atom stereocenters. The Kier molecular flexibility index (Phi) is 6.18. The molecular formula is C22H25NO3. The van der Waals surface area contributed by atoms with E-state index in [-0.39, 0.29) is 17.8 Å². The third kappa shape index (κ3) is 4.38. The molecule has 0 aliphatic carbocycles. The third-order valence-electron chi connectivity index (χ3n) is 4.89. The molecule has 1 aliphatic heterocycles. The number of benzene rings is 2. The summed E-state index contributed by atoms with van der Waals surface area (Å²) < 4.78 is 5.13. The maximum atomic E-state index is 13.1. The largest absolute Gasteiger partial charge is 0.465 e. The first-order valence-electron chi connectivity index (χ1n) is 9.21. The summed E-state index contributed by atoms with van der Waals surface area (Å²) >= 11 is 0. The minimum absolute atomic E-state index is 0.0190. The van der Waals surface area contributed by atoms with E-state index in [0.717, 1.165) is 5.56 Å². The van der Waals surface area contributed by atoms with Gasteiger partial charge in [0, 0.05) is 13.1 Å². The lowest BCUT2D eigenvalue weighted by Gasteiger charge is -2.37. The lowest BCUT2D eigenvalue weighted by atomic mass is 9.86. The summed E-state index contributed by atoms with van der Waals surface area (Å²) in [5.74, 6) is -1.04. The Morgan fingerprint density at radius 3 is 2.27 bits per heavy atom. The predicted molar refractivity (Wildman–Crippen MR) is 101 cm³/mol. The van der Waals surface area contributed by atoms with Gasteiger partial charge in [0.1, 0.15) is 5.92 Å². The zero-order chi connectivity index (χ0) is 18.4. The number of Topliss-reactive ketones (excluding diaryl/α,β-unsaturated/α-hetero) is 1. The number of rotatable bonds is 6. The second kappa shape index (κ2) is 8.77. The van der Waals surface area contributed by atoms with Crippen LogP contribution in [0.3, 0.4) is 0 Å². The number of hydrogen-bond acceptors (Lipinski definition) is 4. The molecular weight excluding hydrogens is 326 g/mol. The summed E-state index contributed by atoms with van der Waals surface area (Å²) in [7, 11) is 0. The van der Waals surface area contributed by atoms with Gasteiger partial charge in [-0.25, -0.2) is 0 Å². The fourth-order valence-corrected chi connectivity index (χ4v) is 3.56. The number of likely N-dealkylation sites (tertiary alicyclic amines) is 1. The van der Waals surface area contributed by atoms with Gasteiger partial charge in [-0.1, -0.05) is 60.7 Å². The van der Waals surface area contributed by atoms with Crippen molar-refractivity contribution < 1.29 is 14.3 Å². The van der Waals surface area contributed by atoms with E-state index in [0.29, 0.717) is 32.5 Å². The van der Waals surface area contributed by atoms with Crippen LogP contribution in [0.1, 0.15) is 24.5 Å². The summed E-state index contributed by atoms with van der Waals surface area (Å²) in [6.45, 7) is 3.50. The van der Waals surface area contributed by atoms with Gasteiger partial charge in [0.2, 0.25) is 0 Å². The zero-order valence-corrected chi connectivity index (χ0v) is 15.1. The number of carbonyl (C=O) groups is 2. The summed E-state index contributed by atoms with van der Waals surface area (Å²) in [5, 5.41) is 0. The fourth-order valence-electron chi connectivity index (χ4n) is 3.56. The van der Waals surface area contributed by atoms with Gasteiger partial charge >= 0.3 is 5.97 Å². The minimum Gasteiger partial charge on any atom is -0.465 e. The van der Waals surface area contributed by atoms with Crippen LogP contribution in [0, 0.1) is 5.92 Å². The standard InChI is InChI=1S/C22H25NO3/c1-2-26-22(25)19-13-14-23(16-18-11-7-4-8-12-18)20(21(19)24)15-17-9-5-3-6-10-17/h3-12,19-20H,2,13-16H2,1H3/t19-,20-/m0/s1. The number of nitrogens with zero attached hydrogens (tertiary/aromatic N) is 1. The molecule has 0 N–H and O–H groups in total. The smallest absolute Gasteiger partial charge is 0.316 e. The van der Waals surface area contributed by atoms with Gasteiger partial charge in [0.15, 0.2) is 5.78 Å². The Bertz CT molecular complexity index is 730. The molecule has 1 heterocycles. The fraction of sp³-hybridized carbons (Fsp3) is 0.364. The van der Waals surface area contributed by atoms with Gasteiger partial charge in [-0.2, -0.15) is 0 Å². The number of esters is 1. The Hall–Kier alpha value is -2.46. The number of ether oxygens (including phenoxy) is 1. The van der Waals surface area contributed by atoms with Crippen LogP contribution in [0.4, 0.5) is 0 Å². The van der Waals surface area contributed by atoms with Gasteiger partial charge in [0.25, 0.3) is 0 Å². The highest BCUT2D eigenvalue weighted by Crippen LogP contribution is 2.25. The molecule has 2 atom stereocenters. The van der Waals surface area contributed by atoms with E-state index in [1.807, 2.05) is 48.5 Å². The van der Waals surface area contributed by atoms with Crippen molar-refractivity contribution in [3.63, 3.8) is 0 Å². The summed E-state index contributed by atoms with van der Waals surface area (Å²) in [5.41, 5.74) is 2.28. The molecule has 136 valence electrons. The maximum Gasteiger partial charge on any atom is 0.316 e. The van der Waals surface area contributed by atoms with Crippen LogP contribution in [0.5, 0.6) is 0 Å². The van der Waals surface area contributed by atoms with Crippen LogP contribution >= 0.6 is 0 Å².